The normalized spacial score (nSPS) is 19.8. The van der Waals surface area contributed by atoms with Gasteiger partial charge in [0.15, 0.2) is 0 Å². The molecular formula is C56H48N2. The molecule has 0 amide bonds. The molecule has 2 bridgehead atoms. The molecule has 58 heavy (non-hydrogen) atoms. The van der Waals surface area contributed by atoms with Crippen LogP contribution in [-0.4, -0.2) is 0 Å². The number of benzene rings is 8. The van der Waals surface area contributed by atoms with Gasteiger partial charge in [0.2, 0.25) is 0 Å². The van der Waals surface area contributed by atoms with Crippen molar-refractivity contribution >= 4 is 44.9 Å². The molecule has 11 rings (SSSR count). The van der Waals surface area contributed by atoms with E-state index in [9.17, 15) is 0 Å². The fourth-order valence-electron chi connectivity index (χ4n) is 11.2. The monoisotopic (exact) mass is 748 g/mol. The second kappa shape index (κ2) is 13.6. The quantitative estimate of drug-likeness (QED) is 0.153. The predicted octanol–water partition coefficient (Wildman–Crippen LogP) is 15.2. The third kappa shape index (κ3) is 5.53. The number of nitrogens with zero attached hydrogens (tertiary/aromatic N) is 2. The maximum atomic E-state index is 2.47. The van der Waals surface area contributed by atoms with Crippen LogP contribution in [0.15, 0.2) is 194 Å². The van der Waals surface area contributed by atoms with Gasteiger partial charge in [-0.1, -0.05) is 142 Å². The zero-order valence-corrected chi connectivity index (χ0v) is 33.4. The summed E-state index contributed by atoms with van der Waals surface area (Å²) in [7, 11) is 0. The minimum Gasteiger partial charge on any atom is -0.311 e. The van der Waals surface area contributed by atoms with Crippen LogP contribution in [0.5, 0.6) is 0 Å². The van der Waals surface area contributed by atoms with Crippen LogP contribution in [0.25, 0.3) is 21.9 Å². The first kappa shape index (κ1) is 34.8. The molecule has 2 fully saturated rings. The molecule has 0 aliphatic heterocycles. The highest BCUT2D eigenvalue weighted by Gasteiger charge is 2.52. The summed E-state index contributed by atoms with van der Waals surface area (Å²) in [5, 5.41) is 2.50. The van der Waals surface area contributed by atoms with Crippen LogP contribution in [0, 0.1) is 11.8 Å². The van der Waals surface area contributed by atoms with Gasteiger partial charge in [-0.15, -0.1) is 0 Å². The van der Waals surface area contributed by atoms with Crippen molar-refractivity contribution in [1.29, 1.82) is 0 Å². The highest BCUT2D eigenvalue weighted by atomic mass is 15.1. The van der Waals surface area contributed by atoms with E-state index >= 15 is 0 Å². The third-order valence-corrected chi connectivity index (χ3v) is 14.0. The highest BCUT2D eigenvalue weighted by Crippen LogP contribution is 2.60. The summed E-state index contributed by atoms with van der Waals surface area (Å²) in [5.41, 5.74) is 15.4. The molecule has 282 valence electrons. The molecule has 0 saturated heterocycles. The average molecular weight is 749 g/mol. The first-order valence-corrected chi connectivity index (χ1v) is 21.1. The van der Waals surface area contributed by atoms with E-state index in [1.807, 2.05) is 0 Å². The largest absolute Gasteiger partial charge is 0.311 e. The highest BCUT2D eigenvalue weighted by molar-refractivity contribution is 5.91. The first-order chi connectivity index (χ1) is 28.5. The Kier molecular flexibility index (Phi) is 8.19. The molecule has 2 saturated carbocycles. The van der Waals surface area contributed by atoms with Crippen LogP contribution < -0.4 is 9.80 Å². The first-order valence-electron chi connectivity index (χ1n) is 21.1. The van der Waals surface area contributed by atoms with Crippen LogP contribution in [0.2, 0.25) is 0 Å². The molecule has 0 aromatic heterocycles. The lowest BCUT2D eigenvalue weighted by Gasteiger charge is -2.40. The van der Waals surface area contributed by atoms with E-state index in [1.54, 1.807) is 0 Å². The molecule has 0 radical (unpaired) electrons. The number of para-hydroxylation sites is 2. The van der Waals surface area contributed by atoms with Gasteiger partial charge < -0.3 is 9.80 Å². The van der Waals surface area contributed by atoms with E-state index in [2.05, 4.69) is 218 Å². The van der Waals surface area contributed by atoms with Crippen molar-refractivity contribution in [3.8, 4) is 11.1 Å². The van der Waals surface area contributed by atoms with Gasteiger partial charge in [0.25, 0.3) is 0 Å². The van der Waals surface area contributed by atoms with Gasteiger partial charge >= 0.3 is 0 Å². The summed E-state index contributed by atoms with van der Waals surface area (Å²) >= 11 is 0. The van der Waals surface area contributed by atoms with Gasteiger partial charge in [0, 0.05) is 45.0 Å². The molecule has 2 heteroatoms. The average Bonchev–Trinajstić information content (AvgIpc) is 3.97. The van der Waals surface area contributed by atoms with Gasteiger partial charge in [0.1, 0.15) is 0 Å². The number of hydrogen-bond donors (Lipinski definition) is 0. The van der Waals surface area contributed by atoms with Crippen molar-refractivity contribution in [2.45, 2.75) is 50.4 Å². The van der Waals surface area contributed by atoms with Crippen molar-refractivity contribution in [2.24, 2.45) is 11.8 Å². The number of hydrogen-bond acceptors (Lipinski definition) is 2. The Morgan fingerprint density at radius 1 is 0.414 bits per heavy atom. The topological polar surface area (TPSA) is 6.48 Å². The van der Waals surface area contributed by atoms with Crippen molar-refractivity contribution in [2.75, 3.05) is 9.80 Å². The predicted molar refractivity (Wildman–Crippen MR) is 244 cm³/mol. The molecule has 8 aromatic rings. The van der Waals surface area contributed by atoms with E-state index in [-0.39, 0.29) is 10.8 Å². The van der Waals surface area contributed by atoms with E-state index in [0.717, 1.165) is 5.92 Å². The third-order valence-electron chi connectivity index (χ3n) is 14.0. The Morgan fingerprint density at radius 2 is 0.914 bits per heavy atom. The van der Waals surface area contributed by atoms with Crippen molar-refractivity contribution in [3.63, 3.8) is 0 Å². The summed E-state index contributed by atoms with van der Waals surface area (Å²) < 4.78 is 0. The maximum Gasteiger partial charge on any atom is 0.0468 e. The molecule has 0 N–H and O–H groups in total. The van der Waals surface area contributed by atoms with Gasteiger partial charge in [-0.3, -0.25) is 0 Å². The minimum absolute atomic E-state index is 0.00144. The number of fused-ring (bicyclic) bond motifs is 6. The second-order valence-electron chi connectivity index (χ2n) is 17.4. The molecule has 3 atom stereocenters. The van der Waals surface area contributed by atoms with Gasteiger partial charge in [0.05, 0.1) is 0 Å². The number of rotatable bonds is 8. The van der Waals surface area contributed by atoms with Crippen molar-refractivity contribution < 1.29 is 0 Å². The van der Waals surface area contributed by atoms with Gasteiger partial charge in [-0.25, -0.2) is 0 Å². The summed E-state index contributed by atoms with van der Waals surface area (Å²) in [5.74, 6) is 1.42. The second-order valence-corrected chi connectivity index (χ2v) is 17.4. The maximum absolute atomic E-state index is 2.47. The van der Waals surface area contributed by atoms with Crippen LogP contribution in [0.3, 0.4) is 0 Å². The summed E-state index contributed by atoms with van der Waals surface area (Å²) in [6.07, 6.45) is 5.18. The minimum atomic E-state index is -0.0796. The molecule has 2 nitrogen and oxygen atoms in total. The van der Waals surface area contributed by atoms with Crippen LogP contribution in [0.4, 0.5) is 34.1 Å². The Hall–Kier alpha value is -6.38. The zero-order chi connectivity index (χ0) is 38.8. The molecule has 3 unspecified atom stereocenters. The Balaban J connectivity index is 1.00. The molecule has 0 spiro atoms. The molecular weight excluding hydrogens is 701 g/mol. The summed E-state index contributed by atoms with van der Waals surface area (Å²) in [6, 6.07) is 72.4. The van der Waals surface area contributed by atoms with E-state index in [1.165, 1.54) is 104 Å². The Labute approximate surface area is 343 Å². The van der Waals surface area contributed by atoms with Crippen molar-refractivity contribution in [3.05, 3.63) is 216 Å². The van der Waals surface area contributed by atoms with Crippen LogP contribution in [0.1, 0.15) is 61.8 Å². The SMILES string of the molecule is CC1(C)c2ccccc2-c2ccc(N(c3ccc(C4(c5ccc(N(c6ccccc6)c6ccccc6)cc5)CC5CCC4C5)cc3)c3ccc4ccccc4c3)cc21. The molecule has 3 aliphatic carbocycles. The van der Waals surface area contributed by atoms with Crippen LogP contribution >= 0.6 is 0 Å². The van der Waals surface area contributed by atoms with E-state index in [0.29, 0.717) is 5.92 Å². The van der Waals surface area contributed by atoms with Gasteiger partial charge in [-0.05, 0) is 148 Å². The lowest BCUT2D eigenvalue weighted by Crippen LogP contribution is -2.34. The number of anilines is 6. The summed E-state index contributed by atoms with van der Waals surface area (Å²) in [6.45, 7) is 4.75. The van der Waals surface area contributed by atoms with Crippen LogP contribution in [-0.2, 0) is 10.8 Å². The van der Waals surface area contributed by atoms with E-state index < -0.39 is 0 Å². The Morgan fingerprint density at radius 3 is 1.53 bits per heavy atom. The standard InChI is InChI=1S/C56H48N2/c1-55(2)53-20-12-11-19-51(53)52-34-33-50(37-54(52)55)58(49-28-22-40-13-9-10-14-41(40)36-49)48-31-26-43(27-32-48)56(38-39-21-23-44(56)35-39)42-24-29-47(30-25-42)57(45-15-5-3-6-16-45)46-17-7-4-8-18-46/h3-20,22,24-34,36-37,39,44H,21,23,35,38H2,1-2H3. The smallest absolute Gasteiger partial charge is 0.0468 e. The lowest BCUT2D eigenvalue weighted by atomic mass is 9.64. The fraction of sp³-hybridized carbons (Fsp3) is 0.179. The fourth-order valence-corrected chi connectivity index (χ4v) is 11.2. The lowest BCUT2D eigenvalue weighted by molar-refractivity contribution is 0.320. The molecule has 8 aromatic carbocycles. The summed E-state index contributed by atoms with van der Waals surface area (Å²) in [4.78, 5) is 4.84. The molecule has 3 aliphatic rings. The van der Waals surface area contributed by atoms with Crippen molar-refractivity contribution in [1.82, 2.24) is 0 Å². The van der Waals surface area contributed by atoms with Gasteiger partial charge in [-0.2, -0.15) is 0 Å². The molecule has 0 heterocycles. The Bertz CT molecular complexity index is 2730. The van der Waals surface area contributed by atoms with E-state index in [4.69, 9.17) is 0 Å². The zero-order valence-electron chi connectivity index (χ0n) is 33.4.